The smallest absolute Gasteiger partial charge is 0.182 e. The van der Waals surface area contributed by atoms with Crippen LogP contribution in [-0.4, -0.2) is 0 Å². The lowest BCUT2D eigenvalue weighted by atomic mass is 10.1. The average Bonchev–Trinajstić information content (AvgIpc) is 2.37. The maximum atomic E-state index is 13.4. The van der Waals surface area contributed by atoms with Gasteiger partial charge in [0.1, 0.15) is 11.9 Å². The van der Waals surface area contributed by atoms with Gasteiger partial charge in [0.25, 0.3) is 0 Å². The zero-order chi connectivity index (χ0) is 14.0. The van der Waals surface area contributed by atoms with Crippen LogP contribution >= 0.6 is 0 Å². The number of halogens is 3. The van der Waals surface area contributed by atoms with Crippen molar-refractivity contribution in [1.29, 1.82) is 5.26 Å². The van der Waals surface area contributed by atoms with Crippen LogP contribution in [0.3, 0.4) is 0 Å². The standard InChI is InChI=1S/C13H8F3N3/c14-8-4-10(15)13(16)12(5-8)19-9-1-2-11(18)7(3-9)6-17/h1-5,19H,18H2. The molecule has 0 saturated heterocycles. The van der Waals surface area contributed by atoms with E-state index in [2.05, 4.69) is 5.32 Å². The molecule has 2 aromatic carbocycles. The number of hydrogen-bond acceptors (Lipinski definition) is 3. The molecule has 0 aromatic heterocycles. The quantitative estimate of drug-likeness (QED) is 0.645. The molecule has 2 rings (SSSR count). The van der Waals surface area contributed by atoms with Gasteiger partial charge in [-0.25, -0.2) is 13.2 Å². The maximum absolute atomic E-state index is 13.4. The summed E-state index contributed by atoms with van der Waals surface area (Å²) < 4.78 is 39.5. The van der Waals surface area contributed by atoms with Crippen LogP contribution < -0.4 is 11.1 Å². The van der Waals surface area contributed by atoms with E-state index in [0.717, 1.165) is 6.07 Å². The van der Waals surface area contributed by atoms with Crippen molar-refractivity contribution in [3.05, 3.63) is 53.3 Å². The number of nitrogens with one attached hydrogen (secondary N) is 1. The molecule has 0 bridgehead atoms. The fraction of sp³-hybridized carbons (Fsp3) is 0. The van der Waals surface area contributed by atoms with Crippen molar-refractivity contribution < 1.29 is 13.2 Å². The summed E-state index contributed by atoms with van der Waals surface area (Å²) in [5.41, 5.74) is 5.92. The van der Waals surface area contributed by atoms with Gasteiger partial charge in [-0.2, -0.15) is 5.26 Å². The van der Waals surface area contributed by atoms with Crippen molar-refractivity contribution in [3.8, 4) is 6.07 Å². The number of nitrogens with zero attached hydrogens (tertiary/aromatic N) is 1. The molecule has 0 saturated carbocycles. The fourth-order valence-corrected chi connectivity index (χ4v) is 1.53. The first-order chi connectivity index (χ1) is 9.01. The SMILES string of the molecule is N#Cc1cc(Nc2cc(F)cc(F)c2F)ccc1N. The molecule has 3 N–H and O–H groups in total. The van der Waals surface area contributed by atoms with E-state index in [9.17, 15) is 13.2 Å². The molecule has 0 amide bonds. The summed E-state index contributed by atoms with van der Waals surface area (Å²) in [6, 6.07) is 7.39. The second kappa shape index (κ2) is 4.90. The summed E-state index contributed by atoms with van der Waals surface area (Å²) in [6.45, 7) is 0. The van der Waals surface area contributed by atoms with Gasteiger partial charge in [0.05, 0.1) is 11.3 Å². The maximum Gasteiger partial charge on any atom is 0.182 e. The van der Waals surface area contributed by atoms with E-state index < -0.39 is 17.5 Å². The number of nitriles is 1. The molecular formula is C13H8F3N3. The first kappa shape index (κ1) is 12.8. The molecule has 6 heteroatoms. The molecule has 0 aliphatic rings. The summed E-state index contributed by atoms with van der Waals surface area (Å²) in [7, 11) is 0. The minimum atomic E-state index is -1.29. The van der Waals surface area contributed by atoms with Crippen LogP contribution in [0.5, 0.6) is 0 Å². The monoisotopic (exact) mass is 263 g/mol. The second-order valence-corrected chi connectivity index (χ2v) is 3.79. The summed E-state index contributed by atoms with van der Waals surface area (Å²) in [4.78, 5) is 0. The molecule has 3 nitrogen and oxygen atoms in total. The van der Waals surface area contributed by atoms with Crippen LogP contribution in [0, 0.1) is 28.8 Å². The number of hydrogen-bond donors (Lipinski definition) is 2. The molecule has 0 radical (unpaired) electrons. The lowest BCUT2D eigenvalue weighted by molar-refractivity contribution is 0.498. The van der Waals surface area contributed by atoms with Gasteiger partial charge in [0, 0.05) is 23.5 Å². The number of rotatable bonds is 2. The van der Waals surface area contributed by atoms with Gasteiger partial charge in [0.2, 0.25) is 0 Å². The van der Waals surface area contributed by atoms with Crippen molar-refractivity contribution in [3.63, 3.8) is 0 Å². The van der Waals surface area contributed by atoms with Crippen LogP contribution in [-0.2, 0) is 0 Å². The molecule has 0 spiro atoms. The van der Waals surface area contributed by atoms with E-state index in [4.69, 9.17) is 11.0 Å². The number of anilines is 3. The van der Waals surface area contributed by atoms with Crippen LogP contribution in [0.4, 0.5) is 30.2 Å². The summed E-state index contributed by atoms with van der Waals surface area (Å²) in [6.07, 6.45) is 0. The molecule has 0 unspecified atom stereocenters. The van der Waals surface area contributed by atoms with Gasteiger partial charge >= 0.3 is 0 Å². The lowest BCUT2D eigenvalue weighted by Crippen LogP contribution is -1.99. The van der Waals surface area contributed by atoms with Gasteiger partial charge in [-0.15, -0.1) is 0 Å². The Morgan fingerprint density at radius 3 is 2.53 bits per heavy atom. The van der Waals surface area contributed by atoms with E-state index in [0.29, 0.717) is 11.8 Å². The van der Waals surface area contributed by atoms with Crippen molar-refractivity contribution in [1.82, 2.24) is 0 Å². The summed E-state index contributed by atoms with van der Waals surface area (Å²) >= 11 is 0. The highest BCUT2D eigenvalue weighted by atomic mass is 19.2. The van der Waals surface area contributed by atoms with E-state index in [-0.39, 0.29) is 16.9 Å². The third-order valence-electron chi connectivity index (χ3n) is 2.45. The zero-order valence-corrected chi connectivity index (χ0v) is 9.55. The Morgan fingerprint density at radius 2 is 1.84 bits per heavy atom. The van der Waals surface area contributed by atoms with Crippen LogP contribution in [0.25, 0.3) is 0 Å². The number of nitrogens with two attached hydrogens (primary N) is 1. The molecule has 19 heavy (non-hydrogen) atoms. The Balaban J connectivity index is 2.39. The molecule has 0 fully saturated rings. The Morgan fingerprint density at radius 1 is 1.11 bits per heavy atom. The normalized spacial score (nSPS) is 10.0. The molecular weight excluding hydrogens is 255 g/mol. The highest BCUT2D eigenvalue weighted by molar-refractivity contribution is 5.67. The van der Waals surface area contributed by atoms with Crippen molar-refractivity contribution in [2.45, 2.75) is 0 Å². The van der Waals surface area contributed by atoms with Crippen molar-refractivity contribution in [2.75, 3.05) is 11.1 Å². The van der Waals surface area contributed by atoms with Crippen LogP contribution in [0.15, 0.2) is 30.3 Å². The molecule has 0 heterocycles. The van der Waals surface area contributed by atoms with Gasteiger partial charge in [-0.1, -0.05) is 0 Å². The Bertz CT molecular complexity index is 678. The minimum Gasteiger partial charge on any atom is -0.398 e. The topological polar surface area (TPSA) is 61.8 Å². The molecule has 96 valence electrons. The van der Waals surface area contributed by atoms with Crippen molar-refractivity contribution >= 4 is 17.1 Å². The number of benzene rings is 2. The Labute approximate surface area is 107 Å². The minimum absolute atomic E-state index is 0.183. The molecule has 0 aliphatic heterocycles. The van der Waals surface area contributed by atoms with E-state index in [1.165, 1.54) is 18.2 Å². The van der Waals surface area contributed by atoms with Gasteiger partial charge in [-0.05, 0) is 18.2 Å². The van der Waals surface area contributed by atoms with Crippen molar-refractivity contribution in [2.24, 2.45) is 0 Å². The van der Waals surface area contributed by atoms with Gasteiger partial charge in [-0.3, -0.25) is 0 Å². The molecule has 0 aliphatic carbocycles. The van der Waals surface area contributed by atoms with Crippen LogP contribution in [0.2, 0.25) is 0 Å². The van der Waals surface area contributed by atoms with Gasteiger partial charge in [0.15, 0.2) is 11.6 Å². The van der Waals surface area contributed by atoms with Gasteiger partial charge < -0.3 is 11.1 Å². The predicted molar refractivity (Wildman–Crippen MR) is 65.2 cm³/mol. The Hall–Kier alpha value is -2.68. The largest absolute Gasteiger partial charge is 0.398 e. The summed E-state index contributed by atoms with van der Waals surface area (Å²) in [5, 5.41) is 11.3. The fourth-order valence-electron chi connectivity index (χ4n) is 1.53. The number of nitrogen functional groups attached to an aromatic ring is 1. The zero-order valence-electron chi connectivity index (χ0n) is 9.55. The first-order valence-corrected chi connectivity index (χ1v) is 5.22. The third kappa shape index (κ3) is 2.60. The molecule has 0 atom stereocenters. The van der Waals surface area contributed by atoms with Crippen LogP contribution in [0.1, 0.15) is 5.56 Å². The summed E-state index contributed by atoms with van der Waals surface area (Å²) in [5.74, 6) is -3.40. The predicted octanol–water partition coefficient (Wildman–Crippen LogP) is 3.30. The highest BCUT2D eigenvalue weighted by Gasteiger charge is 2.11. The van der Waals surface area contributed by atoms with E-state index >= 15 is 0 Å². The average molecular weight is 263 g/mol. The van der Waals surface area contributed by atoms with E-state index in [1.807, 2.05) is 6.07 Å². The Kier molecular flexibility index (Phi) is 3.29. The first-order valence-electron chi connectivity index (χ1n) is 5.22. The van der Waals surface area contributed by atoms with E-state index in [1.54, 1.807) is 0 Å². The lowest BCUT2D eigenvalue weighted by Gasteiger charge is -2.09. The molecule has 2 aromatic rings. The third-order valence-corrected chi connectivity index (χ3v) is 2.45. The second-order valence-electron chi connectivity index (χ2n) is 3.79. The highest BCUT2D eigenvalue weighted by Crippen LogP contribution is 2.25.